The Hall–Kier alpha value is -3.38. The second-order valence-corrected chi connectivity index (χ2v) is 9.53. The van der Waals surface area contributed by atoms with Crippen molar-refractivity contribution in [1.82, 2.24) is 0 Å². The van der Waals surface area contributed by atoms with Crippen LogP contribution in [0.5, 0.6) is 5.75 Å². The standard InChI is InChI=1S/C30H38N2O4/c1-7-32(8-2,20-28(33)31-29-21(3)10-9-11-22(29)4)16-17-36-30(34)23(5)24-12-13-26-19-27(35-6)15-14-25(26)18-24/h9-15,18-19,23H,7-8,16-17,20H2,1-6H3/p+1/t23-/m1/s1. The quantitative estimate of drug-likeness (QED) is 0.280. The molecule has 192 valence electrons. The fourth-order valence-corrected chi connectivity index (χ4v) is 4.58. The second-order valence-electron chi connectivity index (χ2n) is 9.53. The molecule has 0 saturated carbocycles. The van der Waals surface area contributed by atoms with E-state index in [1.54, 1.807) is 7.11 Å². The number of esters is 1. The molecular formula is C30H39N2O4+. The van der Waals surface area contributed by atoms with Crippen LogP contribution >= 0.6 is 0 Å². The van der Waals surface area contributed by atoms with Crippen molar-refractivity contribution >= 4 is 28.3 Å². The van der Waals surface area contributed by atoms with Gasteiger partial charge in [-0.05, 0) is 74.2 Å². The number of nitrogens with zero attached hydrogens (tertiary/aromatic N) is 1. The minimum atomic E-state index is -0.381. The van der Waals surface area contributed by atoms with E-state index in [1.165, 1.54) is 0 Å². The minimum absolute atomic E-state index is 0.0245. The molecule has 0 aromatic heterocycles. The molecular weight excluding hydrogens is 452 g/mol. The van der Waals surface area contributed by atoms with Gasteiger partial charge in [0.2, 0.25) is 0 Å². The van der Waals surface area contributed by atoms with Crippen LogP contribution in [0.4, 0.5) is 5.69 Å². The lowest BCUT2D eigenvalue weighted by Gasteiger charge is -2.36. The number of methoxy groups -OCH3 is 1. The minimum Gasteiger partial charge on any atom is -0.497 e. The Morgan fingerprint density at radius 1 is 0.944 bits per heavy atom. The molecule has 0 fully saturated rings. The zero-order valence-electron chi connectivity index (χ0n) is 22.4. The average molecular weight is 492 g/mol. The van der Waals surface area contributed by atoms with E-state index in [0.29, 0.717) is 17.6 Å². The number of likely N-dealkylation sites (N-methyl/N-ethyl adjacent to an activating group) is 1. The molecule has 1 N–H and O–H groups in total. The molecule has 0 spiro atoms. The van der Waals surface area contributed by atoms with Crippen LogP contribution in [0.25, 0.3) is 10.8 Å². The Morgan fingerprint density at radius 2 is 1.58 bits per heavy atom. The monoisotopic (exact) mass is 491 g/mol. The lowest BCUT2D eigenvalue weighted by molar-refractivity contribution is -0.917. The van der Waals surface area contributed by atoms with Crippen LogP contribution < -0.4 is 10.1 Å². The summed E-state index contributed by atoms with van der Waals surface area (Å²) in [7, 11) is 1.65. The average Bonchev–Trinajstić information content (AvgIpc) is 2.89. The van der Waals surface area contributed by atoms with Gasteiger partial charge in [0.25, 0.3) is 5.91 Å². The predicted molar refractivity (Wildman–Crippen MR) is 145 cm³/mol. The number of hydrogen-bond donors (Lipinski definition) is 1. The highest BCUT2D eigenvalue weighted by Gasteiger charge is 2.28. The summed E-state index contributed by atoms with van der Waals surface area (Å²) in [4.78, 5) is 25.8. The van der Waals surface area contributed by atoms with E-state index in [2.05, 4.69) is 19.2 Å². The van der Waals surface area contributed by atoms with E-state index in [4.69, 9.17) is 9.47 Å². The molecule has 6 nitrogen and oxygen atoms in total. The first-order valence-electron chi connectivity index (χ1n) is 12.7. The first-order chi connectivity index (χ1) is 17.2. The van der Waals surface area contributed by atoms with Crippen LogP contribution in [0.2, 0.25) is 0 Å². The zero-order chi connectivity index (χ0) is 26.3. The molecule has 0 saturated heterocycles. The lowest BCUT2D eigenvalue weighted by atomic mass is 9.98. The lowest BCUT2D eigenvalue weighted by Crippen LogP contribution is -2.54. The number of aryl methyl sites for hydroxylation is 2. The van der Waals surface area contributed by atoms with Crippen molar-refractivity contribution < 1.29 is 23.5 Å². The molecule has 0 radical (unpaired) electrons. The van der Waals surface area contributed by atoms with Gasteiger partial charge in [0.05, 0.1) is 26.1 Å². The van der Waals surface area contributed by atoms with Gasteiger partial charge >= 0.3 is 5.97 Å². The maximum Gasteiger partial charge on any atom is 0.313 e. The van der Waals surface area contributed by atoms with Gasteiger partial charge in [0, 0.05) is 5.69 Å². The summed E-state index contributed by atoms with van der Waals surface area (Å²) >= 11 is 0. The highest BCUT2D eigenvalue weighted by atomic mass is 16.5. The Balaban J connectivity index is 1.60. The molecule has 1 atom stereocenters. The molecule has 3 rings (SSSR count). The van der Waals surface area contributed by atoms with Crippen molar-refractivity contribution in [3.63, 3.8) is 0 Å². The number of amides is 1. The zero-order valence-corrected chi connectivity index (χ0v) is 22.4. The van der Waals surface area contributed by atoms with Crippen molar-refractivity contribution in [3.05, 3.63) is 71.3 Å². The fraction of sp³-hybridized carbons (Fsp3) is 0.400. The molecule has 0 aliphatic rings. The van der Waals surface area contributed by atoms with E-state index >= 15 is 0 Å². The van der Waals surface area contributed by atoms with Crippen molar-refractivity contribution in [2.24, 2.45) is 0 Å². The highest BCUT2D eigenvalue weighted by molar-refractivity contribution is 5.93. The molecule has 0 unspecified atom stereocenters. The predicted octanol–water partition coefficient (Wildman–Crippen LogP) is 5.61. The summed E-state index contributed by atoms with van der Waals surface area (Å²) in [6, 6.07) is 17.9. The van der Waals surface area contributed by atoms with Gasteiger partial charge in [0.1, 0.15) is 18.9 Å². The summed E-state index contributed by atoms with van der Waals surface area (Å²) in [5.41, 5.74) is 3.88. The molecule has 0 heterocycles. The number of quaternary nitrogens is 1. The van der Waals surface area contributed by atoms with Crippen molar-refractivity contribution in [3.8, 4) is 5.75 Å². The SMILES string of the molecule is CC[N+](CC)(CCOC(=O)[C@H](C)c1ccc2cc(OC)ccc2c1)CC(=O)Nc1c(C)cccc1C. The van der Waals surface area contributed by atoms with E-state index in [1.807, 2.05) is 75.4 Å². The van der Waals surface area contributed by atoms with Gasteiger partial charge in [0.15, 0.2) is 6.54 Å². The second kappa shape index (κ2) is 12.0. The number of para-hydroxylation sites is 1. The van der Waals surface area contributed by atoms with Crippen LogP contribution in [-0.4, -0.2) is 56.3 Å². The van der Waals surface area contributed by atoms with Crippen LogP contribution in [0.3, 0.4) is 0 Å². The van der Waals surface area contributed by atoms with Gasteiger partial charge < -0.3 is 19.3 Å². The molecule has 3 aromatic carbocycles. The van der Waals surface area contributed by atoms with Crippen molar-refractivity contribution in [2.45, 2.75) is 40.5 Å². The largest absolute Gasteiger partial charge is 0.497 e. The van der Waals surface area contributed by atoms with Crippen molar-refractivity contribution in [1.29, 1.82) is 0 Å². The normalized spacial score (nSPS) is 12.3. The van der Waals surface area contributed by atoms with Gasteiger partial charge in [-0.2, -0.15) is 0 Å². The third kappa shape index (κ3) is 6.43. The molecule has 3 aromatic rings. The number of carbonyl (C=O) groups excluding carboxylic acids is 2. The molecule has 1 amide bonds. The van der Waals surface area contributed by atoms with E-state index in [0.717, 1.165) is 52.0 Å². The number of hydrogen-bond acceptors (Lipinski definition) is 4. The molecule has 0 aliphatic carbocycles. The fourth-order valence-electron chi connectivity index (χ4n) is 4.58. The Bertz CT molecular complexity index is 1200. The maximum atomic E-state index is 12.9. The number of rotatable bonds is 11. The summed E-state index contributed by atoms with van der Waals surface area (Å²) in [5, 5.41) is 5.21. The summed E-state index contributed by atoms with van der Waals surface area (Å²) in [5.74, 6) is 0.143. The Labute approximate surface area is 214 Å². The highest BCUT2D eigenvalue weighted by Crippen LogP contribution is 2.26. The smallest absolute Gasteiger partial charge is 0.313 e. The van der Waals surface area contributed by atoms with Gasteiger partial charge in [-0.3, -0.25) is 9.59 Å². The summed E-state index contributed by atoms with van der Waals surface area (Å²) in [6.07, 6.45) is 0. The van der Waals surface area contributed by atoms with E-state index in [9.17, 15) is 9.59 Å². The van der Waals surface area contributed by atoms with E-state index in [-0.39, 0.29) is 24.4 Å². The summed E-state index contributed by atoms with van der Waals surface area (Å²) < 4.78 is 11.5. The number of fused-ring (bicyclic) bond motifs is 1. The van der Waals surface area contributed by atoms with Crippen LogP contribution in [0.15, 0.2) is 54.6 Å². The molecule has 6 heteroatoms. The third-order valence-corrected chi connectivity index (χ3v) is 7.30. The molecule has 36 heavy (non-hydrogen) atoms. The van der Waals surface area contributed by atoms with Crippen LogP contribution in [0.1, 0.15) is 43.4 Å². The first kappa shape index (κ1) is 27.2. The van der Waals surface area contributed by atoms with Gasteiger partial charge in [-0.15, -0.1) is 0 Å². The number of nitrogens with one attached hydrogen (secondary N) is 1. The van der Waals surface area contributed by atoms with Gasteiger partial charge in [-0.1, -0.05) is 42.5 Å². The molecule has 0 bridgehead atoms. The Morgan fingerprint density at radius 3 is 2.22 bits per heavy atom. The van der Waals surface area contributed by atoms with Crippen LogP contribution in [-0.2, 0) is 14.3 Å². The van der Waals surface area contributed by atoms with Crippen molar-refractivity contribution in [2.75, 3.05) is 45.2 Å². The topological polar surface area (TPSA) is 64.6 Å². The number of ether oxygens (including phenoxy) is 2. The van der Waals surface area contributed by atoms with E-state index < -0.39 is 0 Å². The summed E-state index contributed by atoms with van der Waals surface area (Å²) in [6.45, 7) is 12.8. The first-order valence-corrected chi connectivity index (χ1v) is 12.7. The third-order valence-electron chi connectivity index (χ3n) is 7.30. The number of benzene rings is 3. The van der Waals surface area contributed by atoms with Crippen LogP contribution in [0, 0.1) is 13.8 Å². The van der Waals surface area contributed by atoms with Gasteiger partial charge in [-0.25, -0.2) is 0 Å². The Kier molecular flexibility index (Phi) is 9.10. The number of carbonyl (C=O) groups is 2. The molecule has 0 aliphatic heterocycles. The maximum absolute atomic E-state index is 12.9. The number of anilines is 1.